The maximum Gasteiger partial charge on any atom is 0.0840 e. The topological polar surface area (TPSA) is 12.9 Å². The smallest absolute Gasteiger partial charge is 0.0840 e. The van der Waals surface area contributed by atoms with Crippen molar-refractivity contribution in [3.05, 3.63) is 78.2 Å². The Morgan fingerprint density at radius 1 is 0.913 bits per heavy atom. The predicted molar refractivity (Wildman–Crippen MR) is 98.3 cm³/mol. The number of pyridine rings is 1. The number of aromatic nitrogens is 1. The molecule has 0 bridgehead atoms. The van der Waals surface area contributed by atoms with Crippen LogP contribution in [0.5, 0.6) is 0 Å². The lowest BCUT2D eigenvalue weighted by molar-refractivity contribution is 0.411. The second-order valence-electron chi connectivity index (χ2n) is 5.90. The monoisotopic (exact) mass is 314 g/mol. The van der Waals surface area contributed by atoms with Crippen LogP contribution in [0.4, 0.5) is 0 Å². The average molecular weight is 315 g/mol. The molecule has 3 rings (SSSR count). The van der Waals surface area contributed by atoms with Crippen LogP contribution in [-0.2, 0) is 6.37 Å². The normalized spacial score (nSPS) is 20.0. The first-order chi connectivity index (χ1) is 16.4. The van der Waals surface area contributed by atoms with Gasteiger partial charge in [-0.15, -0.1) is 0 Å². The molecule has 0 unspecified atom stereocenters. The number of nitrogens with zero attached hydrogens (tertiary/aromatic N) is 1. The standard InChI is InChI=1S/C22H23N/c1-22(2,3)16-17-9-11-18(12-10-17)20-13-14-23-21(15-20)19-7-5-4-6-8-19/h4-15H,16H2,1-3H3/i4D,5D,6D,7D,9D,10D,11D,12D,13D,14D,15D,16D2. The maximum absolute atomic E-state index is 8.68. The van der Waals surface area contributed by atoms with Crippen molar-refractivity contribution >= 4 is 0 Å². The van der Waals surface area contributed by atoms with Crippen molar-refractivity contribution in [1.82, 2.24) is 4.98 Å². The summed E-state index contributed by atoms with van der Waals surface area (Å²) < 4.78 is 108. The minimum absolute atomic E-state index is 0.225. The van der Waals surface area contributed by atoms with Gasteiger partial charge in [0.15, 0.2) is 0 Å². The van der Waals surface area contributed by atoms with Gasteiger partial charge in [-0.2, -0.15) is 0 Å². The second-order valence-corrected chi connectivity index (χ2v) is 5.90. The van der Waals surface area contributed by atoms with Crippen LogP contribution < -0.4 is 0 Å². The summed E-state index contributed by atoms with van der Waals surface area (Å²) in [6, 6.07) is -5.09. The third-order valence-electron chi connectivity index (χ3n) is 2.77. The van der Waals surface area contributed by atoms with E-state index in [1.165, 1.54) is 0 Å². The van der Waals surface area contributed by atoms with E-state index in [1.807, 2.05) is 0 Å². The van der Waals surface area contributed by atoms with E-state index < -0.39 is 95.1 Å². The van der Waals surface area contributed by atoms with Crippen molar-refractivity contribution in [2.24, 2.45) is 5.41 Å². The third-order valence-corrected chi connectivity index (χ3v) is 2.77. The highest BCUT2D eigenvalue weighted by Gasteiger charge is 2.11. The zero-order valence-electron chi connectivity index (χ0n) is 26.0. The summed E-state index contributed by atoms with van der Waals surface area (Å²) in [4.78, 5) is 3.86. The molecular formula is C22H23N. The third kappa shape index (κ3) is 4.07. The van der Waals surface area contributed by atoms with Crippen LogP contribution in [-0.4, -0.2) is 4.98 Å². The van der Waals surface area contributed by atoms with E-state index in [2.05, 4.69) is 4.98 Å². The number of benzene rings is 2. The van der Waals surface area contributed by atoms with Crippen LogP contribution in [0.3, 0.4) is 0 Å². The molecule has 116 valence electrons. The van der Waals surface area contributed by atoms with Gasteiger partial charge >= 0.3 is 0 Å². The SMILES string of the molecule is [2H]c1cc(-c2nc([2H])c([2H])c(-c3c([2H])c([2H])c(C([2H])([2H])C(C)(C)C)c([2H])c3[2H])c2[2H])c([2H])c([2H])c1[2H]. The largest absolute Gasteiger partial charge is 0.256 e. The summed E-state index contributed by atoms with van der Waals surface area (Å²) in [5, 5.41) is 0. The van der Waals surface area contributed by atoms with E-state index in [0.717, 1.165) is 6.07 Å². The zero-order chi connectivity index (χ0) is 27.7. The van der Waals surface area contributed by atoms with Crippen molar-refractivity contribution in [2.45, 2.75) is 27.1 Å². The lowest BCUT2D eigenvalue weighted by Crippen LogP contribution is -2.08. The van der Waals surface area contributed by atoms with Crippen LogP contribution in [0, 0.1) is 5.41 Å². The van der Waals surface area contributed by atoms with Gasteiger partial charge in [-0.1, -0.05) is 75.2 Å². The molecule has 23 heavy (non-hydrogen) atoms. The van der Waals surface area contributed by atoms with Crippen LogP contribution in [0.15, 0.2) is 72.7 Å². The summed E-state index contributed by atoms with van der Waals surface area (Å²) in [6.45, 7) is 4.67. The Bertz CT molecular complexity index is 1380. The molecule has 0 aliphatic rings. The minimum atomic E-state index is -2.27. The van der Waals surface area contributed by atoms with Gasteiger partial charge in [0.25, 0.3) is 0 Å². The van der Waals surface area contributed by atoms with Crippen molar-refractivity contribution in [3.8, 4) is 22.4 Å². The van der Waals surface area contributed by atoms with Crippen LogP contribution in [0.1, 0.15) is 44.2 Å². The first kappa shape index (κ1) is 6.24. The average Bonchev–Trinajstić information content (AvgIpc) is 2.77. The number of hydrogen-bond acceptors (Lipinski definition) is 1. The van der Waals surface area contributed by atoms with Crippen LogP contribution in [0.2, 0.25) is 0 Å². The van der Waals surface area contributed by atoms with Gasteiger partial charge in [0.2, 0.25) is 0 Å². The quantitative estimate of drug-likeness (QED) is 0.577. The molecule has 0 amide bonds. The first-order valence-electron chi connectivity index (χ1n) is 13.5. The van der Waals surface area contributed by atoms with Crippen LogP contribution >= 0.6 is 0 Å². The number of rotatable bonds is 3. The summed E-state index contributed by atoms with van der Waals surface area (Å²) in [5.41, 5.74) is -3.14. The van der Waals surface area contributed by atoms with E-state index in [4.69, 9.17) is 17.8 Å². The predicted octanol–water partition coefficient (Wildman–Crippen LogP) is 6.00. The molecule has 2 aromatic carbocycles. The Kier molecular flexibility index (Phi) is 1.73. The summed E-state index contributed by atoms with van der Waals surface area (Å²) in [6.07, 6.45) is -2.97. The molecule has 1 heteroatoms. The van der Waals surface area contributed by atoms with Gasteiger partial charge in [-0.3, -0.25) is 4.98 Å². The zero-order valence-corrected chi connectivity index (χ0v) is 13.0. The molecule has 0 saturated carbocycles. The Morgan fingerprint density at radius 3 is 2.43 bits per heavy atom. The molecule has 0 radical (unpaired) electrons. The lowest BCUT2D eigenvalue weighted by atomic mass is 9.87. The van der Waals surface area contributed by atoms with Crippen molar-refractivity contribution < 1.29 is 17.8 Å². The molecule has 1 nitrogen and oxygen atoms in total. The van der Waals surface area contributed by atoms with Gasteiger partial charge in [-0.25, -0.2) is 0 Å². The fourth-order valence-corrected chi connectivity index (χ4v) is 1.85. The second kappa shape index (κ2) is 6.37. The number of hydrogen-bond donors (Lipinski definition) is 0. The molecule has 0 spiro atoms. The summed E-state index contributed by atoms with van der Waals surface area (Å²) in [7, 11) is 0. The molecule has 1 aromatic heterocycles. The van der Waals surface area contributed by atoms with E-state index in [-0.39, 0.29) is 11.3 Å². The Hall–Kier alpha value is -2.41. The van der Waals surface area contributed by atoms with Gasteiger partial charge in [0.1, 0.15) is 0 Å². The fourth-order valence-electron chi connectivity index (χ4n) is 1.85. The molecule has 0 saturated heterocycles. The first-order valence-corrected chi connectivity index (χ1v) is 7.02. The lowest BCUT2D eigenvalue weighted by Gasteiger charge is -2.18. The highest BCUT2D eigenvalue weighted by atomic mass is 14.7. The van der Waals surface area contributed by atoms with E-state index in [9.17, 15) is 0 Å². The Morgan fingerprint density at radius 2 is 1.70 bits per heavy atom. The maximum atomic E-state index is 8.68. The molecule has 0 fully saturated rings. The molecule has 1 heterocycles. The van der Waals surface area contributed by atoms with E-state index >= 15 is 0 Å². The molecule has 0 aliphatic heterocycles. The summed E-state index contributed by atoms with van der Waals surface area (Å²) in [5.74, 6) is 0. The molecule has 0 atom stereocenters. The van der Waals surface area contributed by atoms with Gasteiger partial charge in [-0.05, 0) is 40.6 Å². The van der Waals surface area contributed by atoms with Crippen molar-refractivity contribution in [3.63, 3.8) is 0 Å². The fraction of sp³-hybridized carbons (Fsp3) is 0.227. The van der Waals surface area contributed by atoms with Crippen molar-refractivity contribution in [2.75, 3.05) is 0 Å². The molecule has 3 aromatic rings. The highest BCUT2D eigenvalue weighted by molar-refractivity contribution is 5.70. The van der Waals surface area contributed by atoms with Gasteiger partial charge in [0, 0.05) is 14.5 Å². The van der Waals surface area contributed by atoms with Crippen LogP contribution in [0.25, 0.3) is 22.4 Å². The molecular weight excluding hydrogens is 278 g/mol. The highest BCUT2D eigenvalue weighted by Crippen LogP contribution is 2.26. The van der Waals surface area contributed by atoms with Crippen molar-refractivity contribution in [1.29, 1.82) is 0 Å². The molecule has 0 N–H and O–H groups in total. The van der Waals surface area contributed by atoms with Gasteiger partial charge < -0.3 is 0 Å². The molecule has 0 aliphatic carbocycles. The Balaban J connectivity index is 2.47. The Labute approximate surface area is 157 Å². The van der Waals surface area contributed by atoms with Gasteiger partial charge in [0.05, 0.1) is 20.8 Å². The van der Waals surface area contributed by atoms with E-state index in [1.54, 1.807) is 20.8 Å². The summed E-state index contributed by atoms with van der Waals surface area (Å²) >= 11 is 0. The van der Waals surface area contributed by atoms with E-state index in [0.29, 0.717) is 0 Å². The minimum Gasteiger partial charge on any atom is -0.256 e.